The molecule has 0 unspecified atom stereocenters. The summed E-state index contributed by atoms with van der Waals surface area (Å²) in [5, 5.41) is 7.42. The van der Waals surface area contributed by atoms with Crippen LogP contribution in [-0.2, 0) is 14.4 Å². The standard InChI is InChI=1S/C7H10N2O2.C2H4O2/c8-6(10)4-2-1-3-5-7(9)11;1-2(3)4/h2-5H,1H2,(H2,8,10)(H2,9,11);1H3,(H,3,4). The number of amides is 2. The van der Waals surface area contributed by atoms with Crippen molar-refractivity contribution in [3.8, 4) is 0 Å². The number of rotatable bonds is 4. The molecule has 0 aromatic heterocycles. The maximum atomic E-state index is 10.1. The second-order valence-electron chi connectivity index (χ2n) is 2.36. The normalized spacial score (nSPS) is 9.67. The van der Waals surface area contributed by atoms with Gasteiger partial charge in [-0.2, -0.15) is 0 Å². The number of allylic oxidation sites excluding steroid dienone is 2. The van der Waals surface area contributed by atoms with Crippen LogP contribution in [0, 0.1) is 0 Å². The van der Waals surface area contributed by atoms with Crippen LogP contribution in [0.3, 0.4) is 0 Å². The first-order valence-electron chi connectivity index (χ1n) is 3.97. The molecule has 0 atom stereocenters. The van der Waals surface area contributed by atoms with Crippen molar-refractivity contribution < 1.29 is 19.5 Å². The van der Waals surface area contributed by atoms with E-state index in [1.807, 2.05) is 0 Å². The van der Waals surface area contributed by atoms with Gasteiger partial charge in [-0.3, -0.25) is 14.4 Å². The van der Waals surface area contributed by atoms with Crippen LogP contribution in [0.1, 0.15) is 13.3 Å². The minimum absolute atomic E-state index is 0.478. The first-order valence-corrected chi connectivity index (χ1v) is 3.97. The van der Waals surface area contributed by atoms with Gasteiger partial charge in [-0.1, -0.05) is 12.2 Å². The molecule has 0 bridgehead atoms. The Morgan fingerprint density at radius 2 is 1.33 bits per heavy atom. The number of hydrogen-bond donors (Lipinski definition) is 3. The van der Waals surface area contributed by atoms with Crippen LogP contribution < -0.4 is 11.5 Å². The lowest BCUT2D eigenvalue weighted by atomic mass is 10.3. The van der Waals surface area contributed by atoms with Crippen LogP contribution >= 0.6 is 0 Å². The predicted molar refractivity (Wildman–Crippen MR) is 54.6 cm³/mol. The number of carboxylic acids is 1. The van der Waals surface area contributed by atoms with Gasteiger partial charge in [0.05, 0.1) is 0 Å². The molecule has 84 valence electrons. The Kier molecular flexibility index (Phi) is 10.2. The summed E-state index contributed by atoms with van der Waals surface area (Å²) in [5.74, 6) is -1.84. The van der Waals surface area contributed by atoms with Gasteiger partial charge in [0.25, 0.3) is 5.97 Å². The van der Waals surface area contributed by atoms with Crippen LogP contribution in [0.4, 0.5) is 0 Å². The fourth-order valence-corrected chi connectivity index (χ4v) is 0.447. The molecule has 0 aliphatic carbocycles. The van der Waals surface area contributed by atoms with Gasteiger partial charge in [-0.05, 0) is 18.6 Å². The Balaban J connectivity index is 0. The molecule has 0 saturated carbocycles. The highest BCUT2D eigenvalue weighted by Gasteiger charge is 1.81. The number of nitrogens with two attached hydrogens (primary N) is 2. The molecule has 0 heterocycles. The molecule has 0 aromatic carbocycles. The first-order chi connectivity index (χ1) is 6.86. The third-order valence-electron chi connectivity index (χ3n) is 0.836. The van der Waals surface area contributed by atoms with Crippen molar-refractivity contribution in [3.63, 3.8) is 0 Å². The zero-order valence-electron chi connectivity index (χ0n) is 8.34. The number of carbonyl (C=O) groups is 3. The summed E-state index contributed by atoms with van der Waals surface area (Å²) in [6, 6.07) is 0. The summed E-state index contributed by atoms with van der Waals surface area (Å²) < 4.78 is 0. The molecule has 5 N–H and O–H groups in total. The van der Waals surface area contributed by atoms with Crippen LogP contribution in [-0.4, -0.2) is 22.9 Å². The van der Waals surface area contributed by atoms with Crippen molar-refractivity contribution >= 4 is 17.8 Å². The van der Waals surface area contributed by atoms with Crippen LogP contribution in [0.15, 0.2) is 24.3 Å². The summed E-state index contributed by atoms with van der Waals surface area (Å²) >= 11 is 0. The van der Waals surface area contributed by atoms with Crippen molar-refractivity contribution in [2.45, 2.75) is 13.3 Å². The Morgan fingerprint density at radius 1 is 1.07 bits per heavy atom. The van der Waals surface area contributed by atoms with Gasteiger partial charge in [-0.15, -0.1) is 0 Å². The van der Waals surface area contributed by atoms with E-state index in [0.717, 1.165) is 6.92 Å². The summed E-state index contributed by atoms with van der Waals surface area (Å²) in [7, 11) is 0. The van der Waals surface area contributed by atoms with E-state index < -0.39 is 17.8 Å². The monoisotopic (exact) mass is 214 g/mol. The number of primary amides is 2. The molecule has 0 aliphatic rings. The maximum absolute atomic E-state index is 10.1. The molecule has 0 aliphatic heterocycles. The number of hydrogen-bond acceptors (Lipinski definition) is 3. The smallest absolute Gasteiger partial charge is 0.300 e. The average Bonchev–Trinajstić information content (AvgIpc) is 2.01. The second-order valence-corrected chi connectivity index (χ2v) is 2.36. The predicted octanol–water partition coefficient (Wildman–Crippen LogP) is -0.450. The first kappa shape index (κ1) is 15.4. The molecular weight excluding hydrogens is 200 g/mol. The minimum atomic E-state index is -0.833. The van der Waals surface area contributed by atoms with Gasteiger partial charge in [0.1, 0.15) is 0 Å². The van der Waals surface area contributed by atoms with Gasteiger partial charge in [-0.25, -0.2) is 0 Å². The van der Waals surface area contributed by atoms with Crippen molar-refractivity contribution in [1.29, 1.82) is 0 Å². The SMILES string of the molecule is CC(=O)O.NC(=O)C=CCC=CC(N)=O. The van der Waals surface area contributed by atoms with Gasteiger partial charge in [0.2, 0.25) is 11.8 Å². The number of aliphatic carboxylic acids is 1. The largest absolute Gasteiger partial charge is 0.481 e. The van der Waals surface area contributed by atoms with Crippen molar-refractivity contribution in [3.05, 3.63) is 24.3 Å². The molecule has 0 radical (unpaired) electrons. The van der Waals surface area contributed by atoms with Crippen molar-refractivity contribution in [2.75, 3.05) is 0 Å². The third kappa shape index (κ3) is 33.5. The third-order valence-corrected chi connectivity index (χ3v) is 0.836. The Morgan fingerprint density at radius 3 is 1.53 bits per heavy atom. The van der Waals surface area contributed by atoms with E-state index in [1.54, 1.807) is 12.2 Å². The number of carboxylic acid groups (broad SMARTS) is 1. The minimum Gasteiger partial charge on any atom is -0.481 e. The highest BCUT2D eigenvalue weighted by molar-refractivity contribution is 5.86. The van der Waals surface area contributed by atoms with E-state index in [4.69, 9.17) is 21.4 Å². The summed E-state index contributed by atoms with van der Waals surface area (Å²) in [6.07, 6.45) is 6.02. The zero-order valence-corrected chi connectivity index (χ0v) is 8.34. The zero-order chi connectivity index (χ0) is 12.3. The van der Waals surface area contributed by atoms with E-state index in [2.05, 4.69) is 0 Å². The Bertz CT molecular complexity index is 256. The van der Waals surface area contributed by atoms with Crippen LogP contribution in [0.25, 0.3) is 0 Å². The van der Waals surface area contributed by atoms with E-state index in [1.165, 1.54) is 12.2 Å². The molecule has 0 fully saturated rings. The molecule has 15 heavy (non-hydrogen) atoms. The van der Waals surface area contributed by atoms with Gasteiger partial charge >= 0.3 is 0 Å². The number of carbonyl (C=O) groups excluding carboxylic acids is 2. The molecule has 6 nitrogen and oxygen atoms in total. The summed E-state index contributed by atoms with van der Waals surface area (Å²) in [4.78, 5) is 29.2. The van der Waals surface area contributed by atoms with Crippen molar-refractivity contribution in [1.82, 2.24) is 0 Å². The maximum Gasteiger partial charge on any atom is 0.300 e. The van der Waals surface area contributed by atoms with Crippen molar-refractivity contribution in [2.24, 2.45) is 11.5 Å². The molecule has 0 aromatic rings. The second kappa shape index (κ2) is 9.97. The lowest BCUT2D eigenvalue weighted by Gasteiger charge is -1.80. The Hall–Kier alpha value is -2.11. The summed E-state index contributed by atoms with van der Waals surface area (Å²) in [5.41, 5.74) is 9.59. The molecule has 0 saturated heterocycles. The summed E-state index contributed by atoms with van der Waals surface area (Å²) in [6.45, 7) is 1.08. The molecule has 2 amide bonds. The lowest BCUT2D eigenvalue weighted by Crippen LogP contribution is -2.05. The highest BCUT2D eigenvalue weighted by Crippen LogP contribution is 1.84. The van der Waals surface area contributed by atoms with Crippen LogP contribution in [0.2, 0.25) is 0 Å². The van der Waals surface area contributed by atoms with Gasteiger partial charge in [0.15, 0.2) is 0 Å². The quantitative estimate of drug-likeness (QED) is 0.548. The topological polar surface area (TPSA) is 123 Å². The van der Waals surface area contributed by atoms with E-state index in [0.29, 0.717) is 6.42 Å². The van der Waals surface area contributed by atoms with Gasteiger partial charge in [0, 0.05) is 6.92 Å². The molecule has 0 spiro atoms. The Labute approximate surface area is 87.2 Å². The molecule has 6 heteroatoms. The average molecular weight is 214 g/mol. The van der Waals surface area contributed by atoms with Gasteiger partial charge < -0.3 is 16.6 Å². The fourth-order valence-electron chi connectivity index (χ4n) is 0.447. The fraction of sp³-hybridized carbons (Fsp3) is 0.222. The van der Waals surface area contributed by atoms with E-state index >= 15 is 0 Å². The molecule has 0 rings (SSSR count). The van der Waals surface area contributed by atoms with Crippen LogP contribution in [0.5, 0.6) is 0 Å². The highest BCUT2D eigenvalue weighted by atomic mass is 16.4. The molecular formula is C9H14N2O4. The van der Waals surface area contributed by atoms with E-state index in [-0.39, 0.29) is 0 Å². The van der Waals surface area contributed by atoms with E-state index in [9.17, 15) is 9.59 Å². The lowest BCUT2D eigenvalue weighted by molar-refractivity contribution is -0.134.